The topological polar surface area (TPSA) is 58.5 Å². The molecule has 2 aliphatic carbocycles. The number of allylic oxidation sites excluding steroid dienone is 3. The van der Waals surface area contributed by atoms with Crippen molar-refractivity contribution in [2.45, 2.75) is 71.6 Å². The molecule has 27 heavy (non-hydrogen) atoms. The van der Waals surface area contributed by atoms with Gasteiger partial charge in [0.2, 0.25) is 11.8 Å². The third-order valence-corrected chi connectivity index (χ3v) is 6.02. The molecule has 0 aromatic heterocycles. The minimum absolute atomic E-state index is 0.00495. The first-order valence-electron chi connectivity index (χ1n) is 10.6. The van der Waals surface area contributed by atoms with E-state index in [4.69, 9.17) is 0 Å². The number of rotatable bonds is 6. The van der Waals surface area contributed by atoms with Gasteiger partial charge < -0.3 is 5.32 Å². The molecule has 0 spiro atoms. The van der Waals surface area contributed by atoms with Crippen LogP contribution >= 0.6 is 0 Å². The van der Waals surface area contributed by atoms with Crippen LogP contribution in [0.4, 0.5) is 0 Å². The highest BCUT2D eigenvalue weighted by Gasteiger charge is 2.28. The van der Waals surface area contributed by atoms with Crippen LogP contribution in [0.15, 0.2) is 40.6 Å². The summed E-state index contributed by atoms with van der Waals surface area (Å²) in [5.74, 6) is 0.903. The summed E-state index contributed by atoms with van der Waals surface area (Å²) in [6.07, 6.45) is 17.6. The summed E-state index contributed by atoms with van der Waals surface area (Å²) in [5, 5.41) is 2.92. The zero-order chi connectivity index (χ0) is 19.2. The van der Waals surface area contributed by atoms with Gasteiger partial charge in [0.25, 0.3) is 0 Å². The number of amides is 2. The van der Waals surface area contributed by atoms with E-state index in [0.717, 1.165) is 55.7 Å². The van der Waals surface area contributed by atoms with Crippen molar-refractivity contribution in [2.24, 2.45) is 22.7 Å². The molecule has 1 saturated carbocycles. The monoisotopic (exact) mass is 368 g/mol. The lowest BCUT2D eigenvalue weighted by Crippen LogP contribution is -2.33. The smallest absolute Gasteiger partial charge is 0.249 e. The average Bonchev–Trinajstić information content (AvgIpc) is 2.66. The largest absolute Gasteiger partial charge is 0.325 e. The van der Waals surface area contributed by atoms with E-state index in [1.807, 2.05) is 12.2 Å². The summed E-state index contributed by atoms with van der Waals surface area (Å²) in [4.78, 5) is 28.9. The first kappa shape index (κ1) is 19.8. The minimum Gasteiger partial charge on any atom is -0.325 e. The lowest BCUT2D eigenvalue weighted by atomic mass is 9.79. The molecular weight excluding hydrogens is 336 g/mol. The number of aliphatic imine (C=N–C) groups is 1. The van der Waals surface area contributed by atoms with E-state index in [-0.39, 0.29) is 23.7 Å². The van der Waals surface area contributed by atoms with E-state index >= 15 is 0 Å². The fourth-order valence-electron chi connectivity index (χ4n) is 4.46. The Kier molecular flexibility index (Phi) is 6.81. The molecule has 146 valence electrons. The highest BCUT2D eigenvalue weighted by Crippen LogP contribution is 2.33. The molecule has 0 radical (unpaired) electrons. The van der Waals surface area contributed by atoms with Crippen LogP contribution in [0.25, 0.3) is 0 Å². The first-order valence-corrected chi connectivity index (χ1v) is 10.6. The van der Waals surface area contributed by atoms with E-state index < -0.39 is 0 Å². The molecular formula is C23H32N2O2. The summed E-state index contributed by atoms with van der Waals surface area (Å²) in [5.41, 5.74) is 2.65. The number of hydrogen-bond donors (Lipinski definition) is 1. The molecule has 4 heteroatoms. The van der Waals surface area contributed by atoms with E-state index in [2.05, 4.69) is 30.2 Å². The van der Waals surface area contributed by atoms with Gasteiger partial charge in [-0.15, -0.1) is 0 Å². The zero-order valence-electron chi connectivity index (χ0n) is 16.7. The molecule has 2 amide bonds. The third-order valence-electron chi connectivity index (χ3n) is 6.02. The highest BCUT2D eigenvalue weighted by atomic mass is 16.2. The maximum absolute atomic E-state index is 12.6. The lowest BCUT2D eigenvalue weighted by Gasteiger charge is -2.28. The van der Waals surface area contributed by atoms with Crippen LogP contribution in [0.2, 0.25) is 0 Å². The Hall–Kier alpha value is -1.97. The van der Waals surface area contributed by atoms with Crippen molar-refractivity contribution in [2.75, 3.05) is 0 Å². The van der Waals surface area contributed by atoms with Gasteiger partial charge in [-0.25, -0.2) is 4.99 Å². The molecule has 0 saturated heterocycles. The molecule has 3 rings (SSSR count). The Morgan fingerprint density at radius 2 is 1.93 bits per heavy atom. The van der Waals surface area contributed by atoms with Crippen LogP contribution in [-0.4, -0.2) is 17.5 Å². The molecule has 1 unspecified atom stereocenters. The van der Waals surface area contributed by atoms with Gasteiger partial charge in [-0.2, -0.15) is 0 Å². The molecule has 3 aliphatic rings. The Morgan fingerprint density at radius 3 is 2.63 bits per heavy atom. The number of nitrogens with one attached hydrogen (secondary N) is 1. The quantitative estimate of drug-likeness (QED) is 0.726. The SMILES string of the molecule is CCCCC1CCC(C(=O)N=C2C=CC3C(CCC)=CC(=O)NC3=C2)CC1. The van der Waals surface area contributed by atoms with Gasteiger partial charge in [0.05, 0.1) is 5.71 Å². The molecule has 0 aromatic carbocycles. The van der Waals surface area contributed by atoms with Gasteiger partial charge in [-0.1, -0.05) is 51.2 Å². The standard InChI is InChI=1S/C23H32N2O2/c1-3-5-7-16-8-10-17(11-9-16)23(27)24-19-12-13-20-18(6-4-2)14-22(26)25-21(20)15-19/h12-17,20H,3-11H2,1-2H3,(H,25,26). The second-order valence-corrected chi connectivity index (χ2v) is 8.13. The minimum atomic E-state index is -0.0765. The van der Waals surface area contributed by atoms with Gasteiger partial charge in [0, 0.05) is 23.6 Å². The van der Waals surface area contributed by atoms with E-state index in [1.54, 1.807) is 6.08 Å². The third kappa shape index (κ3) is 5.06. The number of carbonyl (C=O) groups is 2. The van der Waals surface area contributed by atoms with Crippen molar-refractivity contribution >= 4 is 17.5 Å². The van der Waals surface area contributed by atoms with Gasteiger partial charge in [0.15, 0.2) is 0 Å². The van der Waals surface area contributed by atoms with Gasteiger partial charge in [-0.3, -0.25) is 9.59 Å². The highest BCUT2D eigenvalue weighted by molar-refractivity contribution is 6.11. The predicted octanol–water partition coefficient (Wildman–Crippen LogP) is 4.88. The zero-order valence-corrected chi connectivity index (χ0v) is 16.7. The number of nitrogens with zero attached hydrogens (tertiary/aromatic N) is 1. The second kappa shape index (κ2) is 9.29. The average molecular weight is 369 g/mol. The van der Waals surface area contributed by atoms with Gasteiger partial charge >= 0.3 is 0 Å². The van der Waals surface area contributed by atoms with Crippen molar-refractivity contribution in [3.63, 3.8) is 0 Å². The number of hydrogen-bond acceptors (Lipinski definition) is 2. The molecule has 1 fully saturated rings. The number of fused-ring (bicyclic) bond motifs is 1. The van der Waals surface area contributed by atoms with Crippen LogP contribution in [-0.2, 0) is 9.59 Å². The van der Waals surface area contributed by atoms with Gasteiger partial charge in [0.1, 0.15) is 0 Å². The van der Waals surface area contributed by atoms with Crippen LogP contribution < -0.4 is 5.32 Å². The molecule has 0 aromatic rings. The Balaban J connectivity index is 1.62. The van der Waals surface area contributed by atoms with Crippen LogP contribution in [0, 0.1) is 17.8 Å². The van der Waals surface area contributed by atoms with Crippen LogP contribution in [0.5, 0.6) is 0 Å². The molecule has 1 aliphatic heterocycles. The Labute approximate surface area is 162 Å². The van der Waals surface area contributed by atoms with Crippen LogP contribution in [0.1, 0.15) is 71.6 Å². The Bertz CT molecular complexity index is 691. The summed E-state index contributed by atoms with van der Waals surface area (Å²) in [7, 11) is 0. The van der Waals surface area contributed by atoms with Crippen molar-refractivity contribution < 1.29 is 9.59 Å². The number of unbranched alkanes of at least 4 members (excludes halogenated alkanes) is 1. The maximum atomic E-state index is 12.6. The molecule has 4 nitrogen and oxygen atoms in total. The van der Waals surface area contributed by atoms with Gasteiger partial charge in [-0.05, 0) is 50.2 Å². The fourth-order valence-corrected chi connectivity index (χ4v) is 4.46. The summed E-state index contributed by atoms with van der Waals surface area (Å²) in [6, 6.07) is 0. The first-order chi connectivity index (χ1) is 13.1. The predicted molar refractivity (Wildman–Crippen MR) is 109 cm³/mol. The maximum Gasteiger partial charge on any atom is 0.249 e. The molecule has 1 N–H and O–H groups in total. The summed E-state index contributed by atoms with van der Waals surface area (Å²) in [6.45, 7) is 4.35. The fraction of sp³-hybridized carbons (Fsp3) is 0.609. The normalized spacial score (nSPS) is 29.0. The molecule has 1 heterocycles. The summed E-state index contributed by atoms with van der Waals surface area (Å²) >= 11 is 0. The van der Waals surface area contributed by atoms with Crippen molar-refractivity contribution in [1.82, 2.24) is 5.32 Å². The Morgan fingerprint density at radius 1 is 1.15 bits per heavy atom. The van der Waals surface area contributed by atoms with E-state index in [0.29, 0.717) is 5.71 Å². The van der Waals surface area contributed by atoms with Crippen molar-refractivity contribution in [1.29, 1.82) is 0 Å². The van der Waals surface area contributed by atoms with E-state index in [9.17, 15) is 9.59 Å². The summed E-state index contributed by atoms with van der Waals surface area (Å²) < 4.78 is 0. The van der Waals surface area contributed by atoms with Crippen molar-refractivity contribution in [3.8, 4) is 0 Å². The van der Waals surface area contributed by atoms with Crippen molar-refractivity contribution in [3.05, 3.63) is 35.6 Å². The second-order valence-electron chi connectivity index (χ2n) is 8.13. The van der Waals surface area contributed by atoms with Crippen LogP contribution in [0.3, 0.4) is 0 Å². The van der Waals surface area contributed by atoms with E-state index in [1.165, 1.54) is 19.3 Å². The molecule has 1 atom stereocenters. The number of carbonyl (C=O) groups excluding carboxylic acids is 2. The molecule has 0 bridgehead atoms. The lowest BCUT2D eigenvalue weighted by molar-refractivity contribution is -0.122.